The lowest BCUT2D eigenvalue weighted by molar-refractivity contribution is -0.128. The lowest BCUT2D eigenvalue weighted by atomic mass is 10.1. The molecule has 23 heavy (non-hydrogen) atoms. The Morgan fingerprint density at radius 3 is 2.48 bits per heavy atom. The normalized spacial score (nSPS) is 11.8. The average Bonchev–Trinajstić information content (AvgIpc) is 2.56. The van der Waals surface area contributed by atoms with Crippen LogP contribution in [0.3, 0.4) is 0 Å². The van der Waals surface area contributed by atoms with E-state index >= 15 is 0 Å². The summed E-state index contributed by atoms with van der Waals surface area (Å²) in [5, 5.41) is 4.10. The summed E-state index contributed by atoms with van der Waals surface area (Å²) in [5.74, 6) is 0.384. The highest BCUT2D eigenvalue weighted by atomic mass is 35.5. The van der Waals surface area contributed by atoms with E-state index in [0.717, 1.165) is 12.0 Å². The molecular formula is C18H19Cl2NO2. The Bertz CT molecular complexity index is 644. The fraction of sp³-hybridized carbons (Fsp3) is 0.278. The van der Waals surface area contributed by atoms with Crippen molar-refractivity contribution in [3.63, 3.8) is 0 Å². The van der Waals surface area contributed by atoms with Crippen molar-refractivity contribution in [1.29, 1.82) is 0 Å². The maximum atomic E-state index is 12.2. The minimum absolute atomic E-state index is 0.138. The number of para-hydroxylation sites is 1. The van der Waals surface area contributed by atoms with Gasteiger partial charge in [-0.1, -0.05) is 54.4 Å². The van der Waals surface area contributed by atoms with Gasteiger partial charge in [-0.05, 0) is 42.7 Å². The van der Waals surface area contributed by atoms with Gasteiger partial charge in [-0.2, -0.15) is 0 Å². The van der Waals surface area contributed by atoms with Gasteiger partial charge in [-0.3, -0.25) is 4.79 Å². The zero-order valence-corrected chi connectivity index (χ0v) is 14.4. The number of amides is 1. The molecule has 122 valence electrons. The quantitative estimate of drug-likeness (QED) is 0.796. The van der Waals surface area contributed by atoms with Crippen LogP contribution in [0.5, 0.6) is 5.75 Å². The summed E-state index contributed by atoms with van der Waals surface area (Å²) in [7, 11) is 0. The van der Waals surface area contributed by atoms with Crippen LogP contribution in [0.4, 0.5) is 0 Å². The van der Waals surface area contributed by atoms with Crippen LogP contribution in [0.1, 0.15) is 18.9 Å². The predicted octanol–water partition coefficient (Wildman–Crippen LogP) is 4.51. The number of halogens is 2. The third-order valence-corrected chi connectivity index (χ3v) is 3.96. The first kappa shape index (κ1) is 17.6. The maximum absolute atomic E-state index is 12.2. The van der Waals surface area contributed by atoms with Gasteiger partial charge in [0.15, 0.2) is 6.10 Å². The molecule has 0 bridgehead atoms. The van der Waals surface area contributed by atoms with Crippen molar-refractivity contribution >= 4 is 29.1 Å². The highest BCUT2D eigenvalue weighted by Crippen LogP contribution is 2.24. The zero-order chi connectivity index (χ0) is 16.7. The topological polar surface area (TPSA) is 38.3 Å². The van der Waals surface area contributed by atoms with Crippen molar-refractivity contribution < 1.29 is 9.53 Å². The third-order valence-electron chi connectivity index (χ3n) is 3.40. The average molecular weight is 352 g/mol. The summed E-state index contributed by atoms with van der Waals surface area (Å²) >= 11 is 11.9. The Hall–Kier alpha value is -1.71. The van der Waals surface area contributed by atoms with Crippen LogP contribution >= 0.6 is 23.2 Å². The molecule has 0 fully saturated rings. The highest BCUT2D eigenvalue weighted by molar-refractivity contribution is 6.32. The monoisotopic (exact) mass is 351 g/mol. The molecule has 0 aliphatic carbocycles. The van der Waals surface area contributed by atoms with Gasteiger partial charge < -0.3 is 10.1 Å². The zero-order valence-electron chi connectivity index (χ0n) is 12.9. The first-order chi connectivity index (χ1) is 11.1. The van der Waals surface area contributed by atoms with E-state index < -0.39 is 6.10 Å². The molecule has 1 N–H and O–H groups in total. The number of hydrogen-bond donors (Lipinski definition) is 1. The van der Waals surface area contributed by atoms with E-state index in [1.165, 1.54) is 0 Å². The number of rotatable bonds is 7. The van der Waals surface area contributed by atoms with Gasteiger partial charge in [-0.15, -0.1) is 0 Å². The summed E-state index contributed by atoms with van der Waals surface area (Å²) < 4.78 is 5.71. The van der Waals surface area contributed by atoms with E-state index in [1.54, 1.807) is 12.1 Å². The summed E-state index contributed by atoms with van der Waals surface area (Å²) in [6.07, 6.45) is 0.754. The highest BCUT2D eigenvalue weighted by Gasteiger charge is 2.18. The second-order valence-electron chi connectivity index (χ2n) is 5.11. The molecule has 5 heteroatoms. The van der Waals surface area contributed by atoms with Gasteiger partial charge in [-0.25, -0.2) is 0 Å². The number of hydrogen-bond acceptors (Lipinski definition) is 2. The van der Waals surface area contributed by atoms with Crippen LogP contribution in [0.25, 0.3) is 0 Å². The van der Waals surface area contributed by atoms with E-state index in [1.807, 2.05) is 43.3 Å². The molecule has 3 nitrogen and oxygen atoms in total. The van der Waals surface area contributed by atoms with Crippen molar-refractivity contribution in [2.45, 2.75) is 25.9 Å². The fourth-order valence-corrected chi connectivity index (χ4v) is 2.42. The van der Waals surface area contributed by atoms with Crippen molar-refractivity contribution in [1.82, 2.24) is 5.32 Å². The summed E-state index contributed by atoms with van der Waals surface area (Å²) in [5.41, 5.74) is 1.12. The minimum Gasteiger partial charge on any atom is -0.479 e. The minimum atomic E-state index is -0.555. The standard InChI is InChI=1S/C18H19Cl2NO2/c1-2-16(23-17-6-4-3-5-15(17)20)18(22)21-12-11-13-7-9-14(19)10-8-13/h3-10,16H,2,11-12H2,1H3,(H,21,22). The molecule has 1 amide bonds. The molecule has 2 aromatic carbocycles. The van der Waals surface area contributed by atoms with Crippen molar-refractivity contribution in [3.05, 3.63) is 64.1 Å². The van der Waals surface area contributed by atoms with Gasteiger partial charge in [0.1, 0.15) is 5.75 Å². The van der Waals surface area contributed by atoms with Gasteiger partial charge in [0.2, 0.25) is 0 Å². The largest absolute Gasteiger partial charge is 0.479 e. The first-order valence-corrected chi connectivity index (χ1v) is 8.29. The lowest BCUT2D eigenvalue weighted by Gasteiger charge is -2.18. The van der Waals surface area contributed by atoms with Crippen molar-refractivity contribution in [3.8, 4) is 5.75 Å². The van der Waals surface area contributed by atoms with Gasteiger partial charge >= 0.3 is 0 Å². The van der Waals surface area contributed by atoms with Crippen LogP contribution in [-0.2, 0) is 11.2 Å². The molecule has 0 aliphatic rings. The lowest BCUT2D eigenvalue weighted by Crippen LogP contribution is -2.39. The maximum Gasteiger partial charge on any atom is 0.261 e. The van der Waals surface area contributed by atoms with Crippen LogP contribution in [0.15, 0.2) is 48.5 Å². The summed E-state index contributed by atoms with van der Waals surface area (Å²) in [6, 6.07) is 14.7. The molecule has 0 spiro atoms. The van der Waals surface area contributed by atoms with E-state index in [0.29, 0.717) is 28.8 Å². The molecule has 0 saturated heterocycles. The molecular weight excluding hydrogens is 333 g/mol. The molecule has 0 saturated carbocycles. The van der Waals surface area contributed by atoms with Gasteiger partial charge in [0, 0.05) is 11.6 Å². The van der Waals surface area contributed by atoms with Gasteiger partial charge in [0.05, 0.1) is 5.02 Å². The molecule has 0 aliphatic heterocycles. The number of carbonyl (C=O) groups excluding carboxylic acids is 1. The molecule has 0 radical (unpaired) electrons. The molecule has 2 rings (SSSR count). The predicted molar refractivity (Wildman–Crippen MR) is 94.3 cm³/mol. The number of nitrogens with one attached hydrogen (secondary N) is 1. The molecule has 0 aromatic heterocycles. The third kappa shape index (κ3) is 5.45. The Morgan fingerprint density at radius 2 is 1.83 bits per heavy atom. The number of benzene rings is 2. The Labute approximate surface area is 146 Å². The van der Waals surface area contributed by atoms with Crippen molar-refractivity contribution in [2.24, 2.45) is 0 Å². The summed E-state index contributed by atoms with van der Waals surface area (Å²) in [4.78, 5) is 12.2. The molecule has 1 atom stereocenters. The molecule has 2 aromatic rings. The van der Waals surface area contributed by atoms with Crippen LogP contribution in [-0.4, -0.2) is 18.6 Å². The Morgan fingerprint density at radius 1 is 1.13 bits per heavy atom. The van der Waals surface area contributed by atoms with E-state index in [2.05, 4.69) is 5.32 Å². The van der Waals surface area contributed by atoms with E-state index in [-0.39, 0.29) is 5.91 Å². The fourth-order valence-electron chi connectivity index (χ4n) is 2.11. The van der Waals surface area contributed by atoms with Crippen molar-refractivity contribution in [2.75, 3.05) is 6.54 Å². The molecule has 0 heterocycles. The first-order valence-electron chi connectivity index (χ1n) is 7.53. The van der Waals surface area contributed by atoms with Crippen LogP contribution < -0.4 is 10.1 Å². The molecule has 1 unspecified atom stereocenters. The smallest absolute Gasteiger partial charge is 0.261 e. The van der Waals surface area contributed by atoms with Crippen LogP contribution in [0.2, 0.25) is 10.0 Å². The summed E-state index contributed by atoms with van der Waals surface area (Å²) in [6.45, 7) is 2.45. The second kappa shape index (κ2) is 8.80. The Kier molecular flexibility index (Phi) is 6.75. The second-order valence-corrected chi connectivity index (χ2v) is 5.96. The van der Waals surface area contributed by atoms with Crippen LogP contribution in [0, 0.1) is 0 Å². The van der Waals surface area contributed by atoms with Gasteiger partial charge in [0.25, 0.3) is 5.91 Å². The van der Waals surface area contributed by atoms with E-state index in [4.69, 9.17) is 27.9 Å². The Balaban J connectivity index is 1.85. The number of carbonyl (C=O) groups is 1. The SMILES string of the molecule is CCC(Oc1ccccc1Cl)C(=O)NCCc1ccc(Cl)cc1. The van der Waals surface area contributed by atoms with E-state index in [9.17, 15) is 4.79 Å². The number of ether oxygens (including phenoxy) is 1.